The molecule has 0 aromatic heterocycles. The Labute approximate surface area is 106 Å². The van der Waals surface area contributed by atoms with Gasteiger partial charge in [0.2, 0.25) is 0 Å². The zero-order valence-electron chi connectivity index (χ0n) is 11.8. The van der Waals surface area contributed by atoms with E-state index < -0.39 is 0 Å². The molecule has 1 atom stereocenters. The molecular formula is C16H27N. The van der Waals surface area contributed by atoms with E-state index in [9.17, 15) is 0 Å². The maximum atomic E-state index is 6.46. The molecule has 0 amide bonds. The van der Waals surface area contributed by atoms with Crippen molar-refractivity contribution in [3.05, 3.63) is 34.9 Å². The molecule has 0 radical (unpaired) electrons. The highest BCUT2D eigenvalue weighted by molar-refractivity contribution is 5.32. The van der Waals surface area contributed by atoms with Crippen LogP contribution in [0.25, 0.3) is 0 Å². The van der Waals surface area contributed by atoms with Crippen LogP contribution in [-0.2, 0) is 0 Å². The highest BCUT2D eigenvalue weighted by Crippen LogP contribution is 2.29. The van der Waals surface area contributed by atoms with Gasteiger partial charge in [0.1, 0.15) is 0 Å². The van der Waals surface area contributed by atoms with Crippen LogP contribution in [0.5, 0.6) is 0 Å². The summed E-state index contributed by atoms with van der Waals surface area (Å²) >= 11 is 0. The van der Waals surface area contributed by atoms with Crippen LogP contribution in [0.4, 0.5) is 0 Å². The van der Waals surface area contributed by atoms with Crippen LogP contribution >= 0.6 is 0 Å². The lowest BCUT2D eigenvalue weighted by molar-refractivity contribution is 0.368. The van der Waals surface area contributed by atoms with Gasteiger partial charge in [-0.2, -0.15) is 0 Å². The minimum absolute atomic E-state index is 0.204. The van der Waals surface area contributed by atoms with Crippen LogP contribution < -0.4 is 5.73 Å². The summed E-state index contributed by atoms with van der Waals surface area (Å²) in [6.45, 7) is 8.81. The summed E-state index contributed by atoms with van der Waals surface area (Å²) in [5.74, 6) is 0.631. The number of hydrogen-bond acceptors (Lipinski definition) is 1. The zero-order valence-corrected chi connectivity index (χ0v) is 11.8. The van der Waals surface area contributed by atoms with Crippen molar-refractivity contribution in [3.63, 3.8) is 0 Å². The van der Waals surface area contributed by atoms with Gasteiger partial charge in [-0.05, 0) is 43.7 Å². The maximum absolute atomic E-state index is 6.46. The van der Waals surface area contributed by atoms with Crippen molar-refractivity contribution < 1.29 is 0 Å². The van der Waals surface area contributed by atoms with Gasteiger partial charge < -0.3 is 5.73 Å². The monoisotopic (exact) mass is 233 g/mol. The molecule has 0 fully saturated rings. The molecule has 0 bridgehead atoms. The van der Waals surface area contributed by atoms with E-state index in [0.29, 0.717) is 5.92 Å². The maximum Gasteiger partial charge on any atom is 0.0326 e. The van der Waals surface area contributed by atoms with Crippen molar-refractivity contribution in [2.75, 3.05) is 0 Å². The summed E-state index contributed by atoms with van der Waals surface area (Å²) < 4.78 is 0. The summed E-state index contributed by atoms with van der Waals surface area (Å²) in [5, 5.41) is 0. The molecule has 0 heterocycles. The Bertz CT molecular complexity index is 337. The normalized spacial score (nSPS) is 13.1. The quantitative estimate of drug-likeness (QED) is 0.768. The summed E-state index contributed by atoms with van der Waals surface area (Å²) in [5.41, 5.74) is 10.5. The summed E-state index contributed by atoms with van der Waals surface area (Å²) in [6, 6.07) is 6.84. The Morgan fingerprint density at radius 3 is 2.12 bits per heavy atom. The molecule has 0 aliphatic carbocycles. The molecule has 1 aromatic carbocycles. The predicted octanol–water partition coefficient (Wildman–Crippen LogP) is 4.52. The van der Waals surface area contributed by atoms with Crippen LogP contribution in [0.2, 0.25) is 0 Å². The fraction of sp³-hybridized carbons (Fsp3) is 0.625. The number of nitrogens with two attached hydrogens (primary N) is 1. The van der Waals surface area contributed by atoms with E-state index in [1.807, 2.05) is 0 Å². The van der Waals surface area contributed by atoms with Gasteiger partial charge in [-0.15, -0.1) is 0 Å². The lowest BCUT2D eigenvalue weighted by Crippen LogP contribution is -2.22. The first-order valence-corrected chi connectivity index (χ1v) is 6.92. The fourth-order valence-corrected chi connectivity index (χ4v) is 2.70. The first-order chi connectivity index (χ1) is 8.10. The van der Waals surface area contributed by atoms with Gasteiger partial charge in [-0.1, -0.05) is 50.5 Å². The Balaban J connectivity index is 2.88. The minimum Gasteiger partial charge on any atom is -0.324 e. The van der Waals surface area contributed by atoms with E-state index in [0.717, 1.165) is 0 Å². The van der Waals surface area contributed by atoms with E-state index in [-0.39, 0.29) is 6.04 Å². The average molecular weight is 233 g/mol. The third kappa shape index (κ3) is 3.85. The standard InChI is InChI=1S/C16H27N/c1-5-7-14(8-6-2)16(17)15-10-9-12(3)11-13(15)4/h9-11,14,16H,5-8,17H2,1-4H3. The molecule has 0 aliphatic heterocycles. The van der Waals surface area contributed by atoms with Gasteiger partial charge in [0, 0.05) is 6.04 Å². The van der Waals surface area contributed by atoms with Gasteiger partial charge in [-0.3, -0.25) is 0 Å². The SMILES string of the molecule is CCCC(CCC)C(N)c1ccc(C)cc1C. The first-order valence-electron chi connectivity index (χ1n) is 6.92. The smallest absolute Gasteiger partial charge is 0.0326 e. The number of rotatable bonds is 6. The fourth-order valence-electron chi connectivity index (χ4n) is 2.70. The zero-order chi connectivity index (χ0) is 12.8. The van der Waals surface area contributed by atoms with Gasteiger partial charge in [-0.25, -0.2) is 0 Å². The molecule has 0 aliphatic rings. The predicted molar refractivity (Wildman–Crippen MR) is 76.2 cm³/mol. The molecule has 0 saturated carbocycles. The third-order valence-electron chi connectivity index (χ3n) is 3.61. The highest BCUT2D eigenvalue weighted by atomic mass is 14.7. The van der Waals surface area contributed by atoms with Gasteiger partial charge in [0.15, 0.2) is 0 Å². The van der Waals surface area contributed by atoms with Crippen LogP contribution in [0.3, 0.4) is 0 Å². The van der Waals surface area contributed by atoms with Crippen molar-refractivity contribution in [1.82, 2.24) is 0 Å². The minimum atomic E-state index is 0.204. The topological polar surface area (TPSA) is 26.0 Å². The lowest BCUT2D eigenvalue weighted by Gasteiger charge is -2.25. The van der Waals surface area contributed by atoms with E-state index in [4.69, 9.17) is 5.73 Å². The Kier molecular flexibility index (Phi) is 5.70. The van der Waals surface area contributed by atoms with Crippen molar-refractivity contribution in [3.8, 4) is 0 Å². The lowest BCUT2D eigenvalue weighted by atomic mass is 9.85. The van der Waals surface area contributed by atoms with E-state index in [1.165, 1.54) is 42.4 Å². The van der Waals surface area contributed by atoms with Crippen LogP contribution in [0.15, 0.2) is 18.2 Å². The Hall–Kier alpha value is -0.820. The van der Waals surface area contributed by atoms with E-state index >= 15 is 0 Å². The second-order valence-corrected chi connectivity index (χ2v) is 5.22. The molecule has 1 rings (SSSR count). The molecule has 1 nitrogen and oxygen atoms in total. The summed E-state index contributed by atoms with van der Waals surface area (Å²) in [6.07, 6.45) is 4.93. The second kappa shape index (κ2) is 6.80. The van der Waals surface area contributed by atoms with Crippen LogP contribution in [0, 0.1) is 19.8 Å². The molecule has 0 spiro atoms. The summed E-state index contributed by atoms with van der Waals surface area (Å²) in [7, 11) is 0. The number of benzene rings is 1. The Morgan fingerprint density at radius 1 is 1.06 bits per heavy atom. The van der Waals surface area contributed by atoms with E-state index in [2.05, 4.69) is 45.9 Å². The second-order valence-electron chi connectivity index (χ2n) is 5.22. The van der Waals surface area contributed by atoms with Crippen molar-refractivity contribution >= 4 is 0 Å². The van der Waals surface area contributed by atoms with Crippen molar-refractivity contribution in [2.24, 2.45) is 11.7 Å². The van der Waals surface area contributed by atoms with Gasteiger partial charge in [0.05, 0.1) is 0 Å². The van der Waals surface area contributed by atoms with Gasteiger partial charge >= 0.3 is 0 Å². The average Bonchev–Trinajstić information content (AvgIpc) is 2.28. The van der Waals surface area contributed by atoms with Crippen molar-refractivity contribution in [1.29, 1.82) is 0 Å². The van der Waals surface area contributed by atoms with Crippen LogP contribution in [0.1, 0.15) is 62.3 Å². The highest BCUT2D eigenvalue weighted by Gasteiger charge is 2.19. The van der Waals surface area contributed by atoms with Crippen molar-refractivity contribution in [2.45, 2.75) is 59.4 Å². The van der Waals surface area contributed by atoms with Crippen LogP contribution in [-0.4, -0.2) is 0 Å². The third-order valence-corrected chi connectivity index (χ3v) is 3.61. The molecule has 2 N–H and O–H groups in total. The first kappa shape index (κ1) is 14.2. The molecule has 96 valence electrons. The van der Waals surface area contributed by atoms with Gasteiger partial charge in [0.25, 0.3) is 0 Å². The number of hydrogen-bond donors (Lipinski definition) is 1. The molecule has 17 heavy (non-hydrogen) atoms. The largest absolute Gasteiger partial charge is 0.324 e. The number of aryl methyl sites for hydroxylation is 2. The summed E-state index contributed by atoms with van der Waals surface area (Å²) in [4.78, 5) is 0. The molecule has 1 aromatic rings. The molecule has 1 heteroatoms. The molecular weight excluding hydrogens is 206 g/mol. The molecule has 1 unspecified atom stereocenters. The molecule has 0 saturated heterocycles. The van der Waals surface area contributed by atoms with E-state index in [1.54, 1.807) is 0 Å². The Morgan fingerprint density at radius 2 is 1.65 bits per heavy atom.